The van der Waals surface area contributed by atoms with Gasteiger partial charge in [-0.3, -0.25) is 9.59 Å². The third-order valence-corrected chi connectivity index (χ3v) is 3.08. The average molecular weight is 215 g/mol. The molecule has 1 aliphatic heterocycles. The highest BCUT2D eigenvalue weighted by Crippen LogP contribution is 2.29. The van der Waals surface area contributed by atoms with E-state index in [4.69, 9.17) is 10.2 Å². The average Bonchev–Trinajstić information content (AvgIpc) is 2.09. The molecule has 5 heteroatoms. The number of hydrogen-bond acceptors (Lipinski definition) is 3. The summed E-state index contributed by atoms with van der Waals surface area (Å²) in [7, 11) is 0. The molecule has 0 radical (unpaired) electrons. The molecule has 3 atom stereocenters. The van der Waals surface area contributed by atoms with E-state index < -0.39 is 11.9 Å². The zero-order chi connectivity index (χ0) is 11.4. The van der Waals surface area contributed by atoms with Crippen molar-refractivity contribution in [1.29, 1.82) is 0 Å². The van der Waals surface area contributed by atoms with Crippen LogP contribution < -0.4 is 5.32 Å². The van der Waals surface area contributed by atoms with Crippen molar-refractivity contribution in [2.24, 2.45) is 11.8 Å². The van der Waals surface area contributed by atoms with Gasteiger partial charge in [0.05, 0.1) is 0 Å². The molecule has 0 aromatic rings. The van der Waals surface area contributed by atoms with Gasteiger partial charge in [0.25, 0.3) is 0 Å². The van der Waals surface area contributed by atoms with E-state index >= 15 is 0 Å². The summed E-state index contributed by atoms with van der Waals surface area (Å²) >= 11 is 0. The SMILES string of the molecule is C[C@@H]1NCC[C@H](CC(=O)O)[C@@H]1CC(=O)O. The first-order chi connectivity index (χ1) is 7.00. The van der Waals surface area contributed by atoms with Crippen molar-refractivity contribution in [3.8, 4) is 0 Å². The molecule has 15 heavy (non-hydrogen) atoms. The first-order valence-electron chi connectivity index (χ1n) is 5.17. The molecule has 1 fully saturated rings. The Kier molecular flexibility index (Phi) is 4.08. The molecule has 0 aromatic carbocycles. The molecule has 3 N–H and O–H groups in total. The lowest BCUT2D eigenvalue weighted by Crippen LogP contribution is -2.45. The number of nitrogens with one attached hydrogen (secondary N) is 1. The van der Waals surface area contributed by atoms with E-state index in [1.54, 1.807) is 0 Å². The van der Waals surface area contributed by atoms with E-state index in [2.05, 4.69) is 5.32 Å². The number of carbonyl (C=O) groups is 2. The maximum Gasteiger partial charge on any atom is 0.303 e. The van der Waals surface area contributed by atoms with Gasteiger partial charge in [-0.15, -0.1) is 0 Å². The molecule has 1 rings (SSSR count). The predicted molar refractivity (Wildman–Crippen MR) is 53.6 cm³/mol. The Labute approximate surface area is 88.5 Å². The lowest BCUT2D eigenvalue weighted by atomic mass is 9.77. The van der Waals surface area contributed by atoms with Gasteiger partial charge in [-0.2, -0.15) is 0 Å². The van der Waals surface area contributed by atoms with Crippen LogP contribution in [0, 0.1) is 11.8 Å². The Morgan fingerprint density at radius 3 is 2.40 bits per heavy atom. The summed E-state index contributed by atoms with van der Waals surface area (Å²) in [6.45, 7) is 2.69. The van der Waals surface area contributed by atoms with Gasteiger partial charge in [0.15, 0.2) is 0 Å². The van der Waals surface area contributed by atoms with Crippen LogP contribution >= 0.6 is 0 Å². The number of aliphatic carboxylic acids is 2. The minimum Gasteiger partial charge on any atom is -0.481 e. The van der Waals surface area contributed by atoms with Crippen LogP contribution in [0.4, 0.5) is 0 Å². The molecular weight excluding hydrogens is 198 g/mol. The highest BCUT2D eigenvalue weighted by molar-refractivity contribution is 5.69. The summed E-state index contributed by atoms with van der Waals surface area (Å²) in [6, 6.07) is 0.0826. The minimum atomic E-state index is -0.856. The third kappa shape index (κ3) is 3.51. The summed E-state index contributed by atoms with van der Waals surface area (Å²) in [5.41, 5.74) is 0. The van der Waals surface area contributed by atoms with Crippen LogP contribution in [0.25, 0.3) is 0 Å². The lowest BCUT2D eigenvalue weighted by molar-refractivity contribution is -0.142. The highest BCUT2D eigenvalue weighted by atomic mass is 16.4. The van der Waals surface area contributed by atoms with E-state index in [-0.39, 0.29) is 30.7 Å². The van der Waals surface area contributed by atoms with Crippen LogP contribution in [0.3, 0.4) is 0 Å². The summed E-state index contributed by atoms with van der Waals surface area (Å²) in [6.07, 6.45) is 0.866. The third-order valence-electron chi connectivity index (χ3n) is 3.08. The van der Waals surface area contributed by atoms with Crippen molar-refractivity contribution in [2.45, 2.75) is 32.2 Å². The fraction of sp³-hybridized carbons (Fsp3) is 0.800. The Bertz CT molecular complexity index is 254. The molecule has 0 saturated carbocycles. The molecule has 0 aliphatic carbocycles. The standard InChI is InChI=1S/C10H17NO4/c1-6-8(5-10(14)15)7(2-3-11-6)4-9(12)13/h6-8,11H,2-5H2,1H3,(H,12,13)(H,14,15)/t6-,7+,8+/m0/s1. The van der Waals surface area contributed by atoms with Gasteiger partial charge in [0.1, 0.15) is 0 Å². The van der Waals surface area contributed by atoms with Gasteiger partial charge >= 0.3 is 11.9 Å². The minimum absolute atomic E-state index is 0.0187. The Morgan fingerprint density at radius 1 is 1.27 bits per heavy atom. The fourth-order valence-corrected chi connectivity index (χ4v) is 2.29. The van der Waals surface area contributed by atoms with Gasteiger partial charge < -0.3 is 15.5 Å². The molecule has 1 saturated heterocycles. The number of hydrogen-bond donors (Lipinski definition) is 3. The summed E-state index contributed by atoms with van der Waals surface area (Å²) in [4.78, 5) is 21.3. The normalized spacial score (nSPS) is 31.1. The topological polar surface area (TPSA) is 86.6 Å². The number of rotatable bonds is 4. The Balaban J connectivity index is 2.63. The van der Waals surface area contributed by atoms with Crippen molar-refractivity contribution >= 4 is 11.9 Å². The zero-order valence-corrected chi connectivity index (χ0v) is 8.77. The maximum atomic E-state index is 10.7. The van der Waals surface area contributed by atoms with Crippen LogP contribution in [0.2, 0.25) is 0 Å². The van der Waals surface area contributed by atoms with Crippen LogP contribution in [-0.4, -0.2) is 34.7 Å². The summed E-state index contributed by atoms with van der Waals surface area (Å²) in [5, 5.41) is 20.7. The van der Waals surface area contributed by atoms with Gasteiger partial charge in [0, 0.05) is 18.9 Å². The lowest BCUT2D eigenvalue weighted by Gasteiger charge is -2.35. The summed E-state index contributed by atoms with van der Waals surface area (Å²) in [5.74, 6) is -1.79. The Hall–Kier alpha value is -1.10. The second-order valence-electron chi connectivity index (χ2n) is 4.15. The molecule has 1 heterocycles. The van der Waals surface area contributed by atoms with Crippen LogP contribution in [0.15, 0.2) is 0 Å². The molecule has 86 valence electrons. The largest absolute Gasteiger partial charge is 0.481 e. The first kappa shape index (κ1) is 12.0. The second-order valence-corrected chi connectivity index (χ2v) is 4.15. The van der Waals surface area contributed by atoms with E-state index in [1.807, 2.05) is 6.92 Å². The monoisotopic (exact) mass is 215 g/mol. The number of carboxylic acids is 2. The van der Waals surface area contributed by atoms with E-state index in [1.165, 1.54) is 0 Å². The fourth-order valence-electron chi connectivity index (χ4n) is 2.29. The molecule has 0 unspecified atom stereocenters. The molecule has 0 spiro atoms. The maximum absolute atomic E-state index is 10.7. The summed E-state index contributed by atoms with van der Waals surface area (Å²) < 4.78 is 0. The Morgan fingerprint density at radius 2 is 1.87 bits per heavy atom. The van der Waals surface area contributed by atoms with Crippen molar-refractivity contribution in [3.05, 3.63) is 0 Å². The molecule has 0 amide bonds. The highest BCUT2D eigenvalue weighted by Gasteiger charge is 2.33. The van der Waals surface area contributed by atoms with Crippen LogP contribution in [-0.2, 0) is 9.59 Å². The molecular formula is C10H17NO4. The van der Waals surface area contributed by atoms with Gasteiger partial charge in [0.2, 0.25) is 0 Å². The smallest absolute Gasteiger partial charge is 0.303 e. The van der Waals surface area contributed by atoms with Crippen molar-refractivity contribution < 1.29 is 19.8 Å². The molecule has 1 aliphatic rings. The second kappa shape index (κ2) is 5.11. The molecule has 0 bridgehead atoms. The van der Waals surface area contributed by atoms with Gasteiger partial charge in [-0.25, -0.2) is 0 Å². The van der Waals surface area contributed by atoms with E-state index in [0.29, 0.717) is 0 Å². The van der Waals surface area contributed by atoms with Gasteiger partial charge in [-0.05, 0) is 31.7 Å². The molecule has 0 aromatic heterocycles. The first-order valence-corrected chi connectivity index (χ1v) is 5.17. The molecule has 5 nitrogen and oxygen atoms in total. The van der Waals surface area contributed by atoms with Crippen LogP contribution in [0.1, 0.15) is 26.2 Å². The van der Waals surface area contributed by atoms with Crippen molar-refractivity contribution in [1.82, 2.24) is 5.32 Å². The van der Waals surface area contributed by atoms with Gasteiger partial charge in [-0.1, -0.05) is 0 Å². The quantitative estimate of drug-likeness (QED) is 0.637. The number of piperidine rings is 1. The van der Waals surface area contributed by atoms with Crippen molar-refractivity contribution in [2.75, 3.05) is 6.54 Å². The zero-order valence-electron chi connectivity index (χ0n) is 8.77. The van der Waals surface area contributed by atoms with E-state index in [9.17, 15) is 9.59 Å². The number of carboxylic acid groups (broad SMARTS) is 2. The van der Waals surface area contributed by atoms with E-state index in [0.717, 1.165) is 13.0 Å². The van der Waals surface area contributed by atoms with Crippen LogP contribution in [0.5, 0.6) is 0 Å². The predicted octanol–water partition coefficient (Wildman–Crippen LogP) is 0.550. The van der Waals surface area contributed by atoms with Crippen molar-refractivity contribution in [3.63, 3.8) is 0 Å².